The largest absolute Gasteiger partial charge is 0.496 e. The van der Waals surface area contributed by atoms with Gasteiger partial charge in [0.2, 0.25) is 5.91 Å². The Labute approximate surface area is 144 Å². The van der Waals surface area contributed by atoms with E-state index in [9.17, 15) is 4.79 Å². The highest BCUT2D eigenvalue weighted by molar-refractivity contribution is 7.22. The number of anilines is 1. The topological polar surface area (TPSA) is 42.4 Å². The first-order valence-electron chi connectivity index (χ1n) is 7.95. The molecule has 4 nitrogen and oxygen atoms in total. The van der Waals surface area contributed by atoms with Crippen molar-refractivity contribution in [2.24, 2.45) is 5.92 Å². The van der Waals surface area contributed by atoms with Crippen LogP contribution in [0.4, 0.5) is 5.13 Å². The summed E-state index contributed by atoms with van der Waals surface area (Å²) in [6.45, 7) is 0. The Morgan fingerprint density at radius 3 is 2.75 bits per heavy atom. The van der Waals surface area contributed by atoms with Crippen LogP contribution in [0, 0.1) is 5.92 Å². The summed E-state index contributed by atoms with van der Waals surface area (Å²) >= 11 is 1.55. The standard InChI is InChI=1S/C19H18N2O2S/c1-21(19-20-15-8-4-6-10-17(15)24-19)18(22)14-11-13(14)12-7-3-5-9-16(12)23-2/h3-10,13-14H,11H2,1-2H3. The van der Waals surface area contributed by atoms with E-state index < -0.39 is 0 Å². The Balaban J connectivity index is 1.54. The molecule has 1 aliphatic carbocycles. The molecule has 1 fully saturated rings. The van der Waals surface area contributed by atoms with Crippen LogP contribution in [0.1, 0.15) is 17.9 Å². The molecule has 1 saturated carbocycles. The van der Waals surface area contributed by atoms with E-state index in [0.717, 1.165) is 33.1 Å². The van der Waals surface area contributed by atoms with Crippen LogP contribution in [-0.4, -0.2) is 25.0 Å². The van der Waals surface area contributed by atoms with E-state index in [4.69, 9.17) is 4.74 Å². The van der Waals surface area contributed by atoms with Crippen LogP contribution >= 0.6 is 11.3 Å². The molecule has 0 aliphatic heterocycles. The molecule has 0 saturated heterocycles. The average Bonchev–Trinajstić information content (AvgIpc) is 3.30. The SMILES string of the molecule is COc1ccccc1C1CC1C(=O)N(C)c1nc2ccccc2s1. The minimum atomic E-state index is 0.0123. The average molecular weight is 338 g/mol. The Morgan fingerprint density at radius 2 is 1.96 bits per heavy atom. The van der Waals surface area contributed by atoms with Crippen LogP contribution in [-0.2, 0) is 4.79 Å². The van der Waals surface area contributed by atoms with E-state index in [2.05, 4.69) is 11.1 Å². The fraction of sp³-hybridized carbons (Fsp3) is 0.263. The number of ether oxygens (including phenoxy) is 1. The number of fused-ring (bicyclic) bond motifs is 1. The van der Waals surface area contributed by atoms with Crippen molar-refractivity contribution in [2.45, 2.75) is 12.3 Å². The molecule has 0 bridgehead atoms. The molecular formula is C19H18N2O2S. The third-order valence-electron chi connectivity index (χ3n) is 4.55. The van der Waals surface area contributed by atoms with Gasteiger partial charge in [0.15, 0.2) is 5.13 Å². The van der Waals surface area contributed by atoms with Gasteiger partial charge < -0.3 is 4.74 Å². The van der Waals surface area contributed by atoms with Crippen LogP contribution in [0.2, 0.25) is 0 Å². The molecule has 2 unspecified atom stereocenters. The van der Waals surface area contributed by atoms with Crippen molar-refractivity contribution >= 4 is 32.6 Å². The quantitative estimate of drug-likeness (QED) is 0.720. The molecule has 3 aromatic rings. The fourth-order valence-electron chi connectivity index (χ4n) is 3.13. The molecule has 5 heteroatoms. The van der Waals surface area contributed by atoms with Crippen molar-refractivity contribution < 1.29 is 9.53 Å². The van der Waals surface area contributed by atoms with Crippen molar-refractivity contribution in [3.05, 3.63) is 54.1 Å². The summed E-state index contributed by atoms with van der Waals surface area (Å²) in [6.07, 6.45) is 0.869. The van der Waals surface area contributed by atoms with E-state index >= 15 is 0 Å². The van der Waals surface area contributed by atoms with Gasteiger partial charge in [-0.1, -0.05) is 41.7 Å². The van der Waals surface area contributed by atoms with Crippen LogP contribution in [0.15, 0.2) is 48.5 Å². The Hall–Kier alpha value is -2.40. The number of para-hydroxylation sites is 2. The maximum atomic E-state index is 12.8. The molecule has 0 spiro atoms. The maximum Gasteiger partial charge on any atom is 0.232 e. The number of hydrogen-bond acceptors (Lipinski definition) is 4. The molecule has 2 atom stereocenters. The zero-order chi connectivity index (χ0) is 16.7. The minimum absolute atomic E-state index is 0.0123. The first-order valence-corrected chi connectivity index (χ1v) is 8.76. The predicted octanol–water partition coefficient (Wildman–Crippen LogP) is 4.07. The maximum absolute atomic E-state index is 12.8. The molecule has 122 valence electrons. The third-order valence-corrected chi connectivity index (χ3v) is 5.66. The number of rotatable bonds is 4. The van der Waals surface area contributed by atoms with Gasteiger partial charge in [0.05, 0.1) is 17.3 Å². The van der Waals surface area contributed by atoms with Gasteiger partial charge in [0.1, 0.15) is 5.75 Å². The van der Waals surface area contributed by atoms with E-state index in [0.29, 0.717) is 0 Å². The lowest BCUT2D eigenvalue weighted by molar-refractivity contribution is -0.119. The van der Waals surface area contributed by atoms with E-state index in [1.807, 2.05) is 49.5 Å². The number of aromatic nitrogens is 1. The van der Waals surface area contributed by atoms with Crippen LogP contribution in [0.3, 0.4) is 0 Å². The first kappa shape index (κ1) is 15.1. The number of methoxy groups -OCH3 is 1. The van der Waals surface area contributed by atoms with Gasteiger partial charge in [-0.2, -0.15) is 0 Å². The molecular weight excluding hydrogens is 320 g/mol. The second-order valence-electron chi connectivity index (χ2n) is 6.05. The fourth-order valence-corrected chi connectivity index (χ4v) is 4.06. The van der Waals surface area contributed by atoms with Gasteiger partial charge >= 0.3 is 0 Å². The molecule has 1 aromatic heterocycles. The van der Waals surface area contributed by atoms with Crippen molar-refractivity contribution in [1.29, 1.82) is 0 Å². The Kier molecular flexibility index (Phi) is 3.73. The predicted molar refractivity (Wildman–Crippen MR) is 96.9 cm³/mol. The zero-order valence-corrected chi connectivity index (χ0v) is 14.4. The number of carbonyl (C=O) groups is 1. The summed E-state index contributed by atoms with van der Waals surface area (Å²) in [7, 11) is 3.49. The number of thiazole rings is 1. The lowest BCUT2D eigenvalue weighted by Crippen LogP contribution is -2.28. The number of carbonyl (C=O) groups excluding carboxylic acids is 1. The second-order valence-corrected chi connectivity index (χ2v) is 7.06. The van der Waals surface area contributed by atoms with E-state index in [1.54, 1.807) is 23.3 Å². The lowest BCUT2D eigenvalue weighted by atomic mass is 10.1. The van der Waals surface area contributed by atoms with Gasteiger partial charge in [-0.3, -0.25) is 9.69 Å². The minimum Gasteiger partial charge on any atom is -0.496 e. The summed E-state index contributed by atoms with van der Waals surface area (Å²) in [4.78, 5) is 19.1. The summed E-state index contributed by atoms with van der Waals surface area (Å²) in [5.41, 5.74) is 2.06. The molecule has 1 heterocycles. The van der Waals surface area contributed by atoms with Crippen molar-refractivity contribution in [1.82, 2.24) is 4.98 Å². The highest BCUT2D eigenvalue weighted by Gasteiger charge is 2.46. The molecule has 1 amide bonds. The van der Waals surface area contributed by atoms with Gasteiger partial charge in [-0.15, -0.1) is 0 Å². The van der Waals surface area contributed by atoms with Crippen molar-refractivity contribution in [3.8, 4) is 5.75 Å². The number of hydrogen-bond donors (Lipinski definition) is 0. The second kappa shape index (κ2) is 5.91. The highest BCUT2D eigenvalue weighted by Crippen LogP contribution is 2.51. The summed E-state index contributed by atoms with van der Waals surface area (Å²) < 4.78 is 6.53. The Bertz CT molecular complexity index is 872. The summed E-state index contributed by atoms with van der Waals surface area (Å²) in [5, 5.41) is 0.756. The summed E-state index contributed by atoms with van der Waals surface area (Å²) in [5.74, 6) is 1.24. The molecule has 24 heavy (non-hydrogen) atoms. The van der Waals surface area contributed by atoms with Gasteiger partial charge in [0, 0.05) is 13.0 Å². The highest BCUT2D eigenvalue weighted by atomic mass is 32.1. The monoisotopic (exact) mass is 338 g/mol. The third kappa shape index (κ3) is 2.55. The zero-order valence-electron chi connectivity index (χ0n) is 13.6. The smallest absolute Gasteiger partial charge is 0.232 e. The molecule has 2 aromatic carbocycles. The number of amides is 1. The van der Waals surface area contributed by atoms with E-state index in [1.165, 1.54) is 0 Å². The normalized spacial score (nSPS) is 19.2. The number of nitrogens with zero attached hydrogens (tertiary/aromatic N) is 2. The van der Waals surface area contributed by atoms with Gasteiger partial charge in [-0.05, 0) is 36.1 Å². The first-order chi connectivity index (χ1) is 11.7. The Morgan fingerprint density at radius 1 is 1.21 bits per heavy atom. The molecule has 0 radical (unpaired) electrons. The molecule has 4 rings (SSSR count). The molecule has 0 N–H and O–H groups in total. The van der Waals surface area contributed by atoms with Crippen LogP contribution in [0.5, 0.6) is 5.75 Å². The molecule has 1 aliphatic rings. The van der Waals surface area contributed by atoms with E-state index in [-0.39, 0.29) is 17.7 Å². The van der Waals surface area contributed by atoms with Gasteiger partial charge in [-0.25, -0.2) is 4.98 Å². The van der Waals surface area contributed by atoms with Crippen LogP contribution < -0.4 is 9.64 Å². The lowest BCUT2D eigenvalue weighted by Gasteiger charge is -2.14. The van der Waals surface area contributed by atoms with Gasteiger partial charge in [0.25, 0.3) is 0 Å². The van der Waals surface area contributed by atoms with Crippen molar-refractivity contribution in [3.63, 3.8) is 0 Å². The van der Waals surface area contributed by atoms with Crippen LogP contribution in [0.25, 0.3) is 10.2 Å². The van der Waals surface area contributed by atoms with Crippen molar-refractivity contribution in [2.75, 3.05) is 19.1 Å². The summed E-state index contributed by atoms with van der Waals surface area (Å²) in [6, 6.07) is 15.9. The number of benzene rings is 2.